The summed E-state index contributed by atoms with van der Waals surface area (Å²) in [6.07, 6.45) is 5.10. The second-order valence-electron chi connectivity index (χ2n) is 7.19. The molecule has 0 atom stereocenters. The van der Waals surface area contributed by atoms with E-state index in [9.17, 15) is 14.7 Å². The van der Waals surface area contributed by atoms with Crippen LogP contribution in [0.1, 0.15) is 45.1 Å². The van der Waals surface area contributed by atoms with Gasteiger partial charge in [-0.05, 0) is 43.4 Å². The zero-order chi connectivity index (χ0) is 19.0. The molecule has 1 spiro atoms. The summed E-state index contributed by atoms with van der Waals surface area (Å²) in [5.41, 5.74) is 1.72. The largest absolute Gasteiger partial charge is 0.477 e. The molecule has 2 aromatic heterocycles. The minimum Gasteiger partial charge on any atom is -0.477 e. The van der Waals surface area contributed by atoms with Crippen LogP contribution in [0.3, 0.4) is 0 Å². The minimum atomic E-state index is -0.882. The molecule has 0 bridgehead atoms. The number of carbonyl (C=O) groups excluding carboxylic acids is 1. The molecule has 4 rings (SSSR count). The molecule has 8 heteroatoms. The van der Waals surface area contributed by atoms with Crippen LogP contribution in [0.25, 0.3) is 0 Å². The van der Waals surface area contributed by atoms with Crippen LogP contribution < -0.4 is 0 Å². The molecule has 7 nitrogen and oxygen atoms in total. The Hall–Kier alpha value is -2.19. The number of aromatic nitrogens is 2. The first-order valence-corrected chi connectivity index (χ1v) is 10.1. The molecular weight excluding hydrogens is 366 g/mol. The number of carbonyl (C=O) groups is 2. The molecule has 2 aromatic rings. The molecule has 0 unspecified atom stereocenters. The number of nitrogens with zero attached hydrogens (tertiary/aromatic N) is 3. The fraction of sp³-hybridized carbons (Fsp3) is 0.526. The van der Waals surface area contributed by atoms with Gasteiger partial charge in [0, 0.05) is 43.3 Å². The maximum atomic E-state index is 12.6. The molecule has 1 N–H and O–H groups in total. The summed E-state index contributed by atoms with van der Waals surface area (Å²) in [5.74, 6) is -0.730. The highest BCUT2D eigenvalue weighted by Gasteiger charge is 2.43. The summed E-state index contributed by atoms with van der Waals surface area (Å²) in [6, 6.07) is 3.73. The topological polar surface area (TPSA) is 84.7 Å². The molecule has 0 aliphatic carbocycles. The van der Waals surface area contributed by atoms with E-state index in [1.807, 2.05) is 18.0 Å². The number of rotatable bonds is 4. The van der Waals surface area contributed by atoms with E-state index in [4.69, 9.17) is 4.74 Å². The molecule has 2 aliphatic heterocycles. The maximum absolute atomic E-state index is 12.6. The van der Waals surface area contributed by atoms with E-state index in [-0.39, 0.29) is 5.91 Å². The first-order valence-electron chi connectivity index (χ1n) is 9.24. The lowest BCUT2D eigenvalue weighted by Crippen LogP contribution is -2.47. The zero-order valence-corrected chi connectivity index (χ0v) is 16.1. The summed E-state index contributed by atoms with van der Waals surface area (Å²) in [4.78, 5) is 27.3. The molecule has 0 aromatic carbocycles. The van der Waals surface area contributed by atoms with Gasteiger partial charge in [0.05, 0.1) is 6.61 Å². The summed E-state index contributed by atoms with van der Waals surface area (Å²) in [5, 5.41) is 13.4. The van der Waals surface area contributed by atoms with Gasteiger partial charge in [-0.2, -0.15) is 5.10 Å². The van der Waals surface area contributed by atoms with Crippen LogP contribution in [0.15, 0.2) is 18.3 Å². The zero-order valence-electron chi connectivity index (χ0n) is 15.3. The fourth-order valence-electron chi connectivity index (χ4n) is 4.06. The van der Waals surface area contributed by atoms with Gasteiger partial charge >= 0.3 is 5.97 Å². The molecule has 27 heavy (non-hydrogen) atoms. The van der Waals surface area contributed by atoms with Crippen LogP contribution >= 0.6 is 11.3 Å². The number of ether oxygens (including phenoxy) is 1. The predicted octanol–water partition coefficient (Wildman–Crippen LogP) is 2.20. The number of amides is 1. The van der Waals surface area contributed by atoms with Crippen molar-refractivity contribution in [2.45, 2.75) is 37.7 Å². The third-order valence-corrected chi connectivity index (χ3v) is 6.98. The van der Waals surface area contributed by atoms with E-state index in [2.05, 4.69) is 5.10 Å². The number of fused-ring (bicyclic) bond motifs is 2. The Morgan fingerprint density at radius 1 is 1.37 bits per heavy atom. The number of aromatic carboxylic acids is 1. The first kappa shape index (κ1) is 18.2. The minimum absolute atomic E-state index is 0.152. The number of hydrogen-bond acceptors (Lipinski definition) is 5. The Kier molecular flexibility index (Phi) is 4.77. The summed E-state index contributed by atoms with van der Waals surface area (Å²) >= 11 is 1.33. The standard InChI is InChI=1S/C19H23N3O4S/c1-21-14(4-8-20-21)2-3-16(23)22-9-6-19(7-10-22)17-13(5-11-26-19)12-15(27-17)18(24)25/h4,8,12H,2-3,5-7,9-11H2,1H3,(H,24,25). The lowest BCUT2D eigenvalue weighted by Gasteiger charge is -2.43. The average Bonchev–Trinajstić information content (AvgIpc) is 3.28. The Morgan fingerprint density at radius 2 is 2.15 bits per heavy atom. The fourth-order valence-corrected chi connectivity index (χ4v) is 5.31. The summed E-state index contributed by atoms with van der Waals surface area (Å²) in [7, 11) is 1.88. The van der Waals surface area contributed by atoms with Crippen LogP contribution in [0.2, 0.25) is 0 Å². The van der Waals surface area contributed by atoms with Gasteiger partial charge in [0.25, 0.3) is 0 Å². The van der Waals surface area contributed by atoms with Gasteiger partial charge in [-0.25, -0.2) is 4.79 Å². The number of carboxylic acids is 1. The lowest BCUT2D eigenvalue weighted by atomic mass is 9.85. The third kappa shape index (κ3) is 3.39. The van der Waals surface area contributed by atoms with Crippen molar-refractivity contribution in [1.29, 1.82) is 0 Å². The van der Waals surface area contributed by atoms with Crippen LogP contribution in [0.5, 0.6) is 0 Å². The second-order valence-corrected chi connectivity index (χ2v) is 8.24. The molecule has 0 radical (unpaired) electrons. The Labute approximate surface area is 161 Å². The van der Waals surface area contributed by atoms with Crippen molar-refractivity contribution in [2.75, 3.05) is 19.7 Å². The smallest absolute Gasteiger partial charge is 0.345 e. The number of thiophene rings is 1. The lowest BCUT2D eigenvalue weighted by molar-refractivity contribution is -0.140. The van der Waals surface area contributed by atoms with Crippen molar-refractivity contribution in [3.63, 3.8) is 0 Å². The molecule has 144 valence electrons. The third-order valence-electron chi connectivity index (χ3n) is 5.62. The monoisotopic (exact) mass is 389 g/mol. The Balaban J connectivity index is 1.41. The molecule has 1 fully saturated rings. The first-order chi connectivity index (χ1) is 13.0. The maximum Gasteiger partial charge on any atom is 0.345 e. The summed E-state index contributed by atoms with van der Waals surface area (Å²) in [6.45, 7) is 1.89. The van der Waals surface area contributed by atoms with Crippen LogP contribution in [-0.4, -0.2) is 51.4 Å². The molecule has 1 saturated heterocycles. The highest BCUT2D eigenvalue weighted by Crippen LogP contribution is 2.45. The highest BCUT2D eigenvalue weighted by molar-refractivity contribution is 7.14. The van der Waals surface area contributed by atoms with Gasteiger partial charge in [-0.1, -0.05) is 0 Å². The van der Waals surface area contributed by atoms with Gasteiger partial charge in [0.2, 0.25) is 5.91 Å². The van der Waals surface area contributed by atoms with E-state index in [0.717, 1.165) is 35.4 Å². The normalized spacial score (nSPS) is 18.5. The number of hydrogen-bond donors (Lipinski definition) is 1. The Morgan fingerprint density at radius 3 is 2.81 bits per heavy atom. The predicted molar refractivity (Wildman–Crippen MR) is 100.0 cm³/mol. The number of aryl methyl sites for hydroxylation is 2. The van der Waals surface area contributed by atoms with Gasteiger partial charge in [-0.15, -0.1) is 11.3 Å². The molecule has 4 heterocycles. The SMILES string of the molecule is Cn1nccc1CCC(=O)N1CCC2(CC1)OCCc1cc(C(=O)O)sc12. The Bertz CT molecular complexity index is 864. The van der Waals surface area contributed by atoms with Gasteiger partial charge in [0.15, 0.2) is 0 Å². The number of likely N-dealkylation sites (tertiary alicyclic amines) is 1. The van der Waals surface area contributed by atoms with Crippen LogP contribution in [-0.2, 0) is 35.0 Å². The van der Waals surface area contributed by atoms with Crippen molar-refractivity contribution in [3.8, 4) is 0 Å². The average molecular weight is 389 g/mol. The van der Waals surface area contributed by atoms with E-state index in [1.165, 1.54) is 11.3 Å². The van der Waals surface area contributed by atoms with Crippen molar-refractivity contribution < 1.29 is 19.4 Å². The quantitative estimate of drug-likeness (QED) is 0.867. The molecular formula is C19H23N3O4S. The van der Waals surface area contributed by atoms with Crippen molar-refractivity contribution in [1.82, 2.24) is 14.7 Å². The van der Waals surface area contributed by atoms with E-state index in [0.29, 0.717) is 37.4 Å². The highest BCUT2D eigenvalue weighted by atomic mass is 32.1. The molecule has 2 aliphatic rings. The second kappa shape index (κ2) is 7.09. The van der Waals surface area contributed by atoms with Crippen LogP contribution in [0.4, 0.5) is 0 Å². The van der Waals surface area contributed by atoms with Crippen LogP contribution in [0, 0.1) is 0 Å². The van der Waals surface area contributed by atoms with Gasteiger partial charge in [0.1, 0.15) is 10.5 Å². The molecule has 0 saturated carbocycles. The summed E-state index contributed by atoms with van der Waals surface area (Å²) < 4.78 is 7.95. The number of carboxylic acid groups (broad SMARTS) is 1. The van der Waals surface area contributed by atoms with Gasteiger partial charge < -0.3 is 14.7 Å². The van der Waals surface area contributed by atoms with Crippen molar-refractivity contribution in [2.24, 2.45) is 7.05 Å². The van der Waals surface area contributed by atoms with E-state index >= 15 is 0 Å². The molecule has 1 amide bonds. The van der Waals surface area contributed by atoms with E-state index < -0.39 is 11.6 Å². The number of piperidine rings is 1. The van der Waals surface area contributed by atoms with Crippen molar-refractivity contribution in [3.05, 3.63) is 39.3 Å². The van der Waals surface area contributed by atoms with Gasteiger partial charge in [-0.3, -0.25) is 9.48 Å². The van der Waals surface area contributed by atoms with E-state index in [1.54, 1.807) is 16.9 Å². The van der Waals surface area contributed by atoms with Crippen molar-refractivity contribution >= 4 is 23.2 Å².